The molecule has 0 spiro atoms. The predicted octanol–water partition coefficient (Wildman–Crippen LogP) is 3.28. The fourth-order valence-corrected chi connectivity index (χ4v) is 2.47. The van der Waals surface area contributed by atoms with Crippen LogP contribution in [0.2, 0.25) is 0 Å². The maximum atomic E-state index is 3.66. The minimum absolute atomic E-state index is 0.239. The highest BCUT2D eigenvalue weighted by Gasteiger charge is 2.23. The summed E-state index contributed by atoms with van der Waals surface area (Å²) in [6.45, 7) is 11.5. The van der Waals surface area contributed by atoms with Crippen LogP contribution < -0.4 is 5.32 Å². The Morgan fingerprint density at radius 1 is 1.29 bits per heavy atom. The Labute approximate surface area is 108 Å². The third-order valence-corrected chi connectivity index (χ3v) is 3.88. The lowest BCUT2D eigenvalue weighted by Crippen LogP contribution is -2.47. The number of nitrogens with one attached hydrogen (secondary N) is 1. The first-order valence-electron chi connectivity index (χ1n) is 7.37. The third kappa shape index (κ3) is 5.87. The smallest absolute Gasteiger partial charge is 0.0217 e. The summed E-state index contributed by atoms with van der Waals surface area (Å²) in [5.41, 5.74) is 0.239. The van der Waals surface area contributed by atoms with Crippen LogP contribution in [-0.2, 0) is 0 Å². The molecule has 0 aliphatic heterocycles. The van der Waals surface area contributed by atoms with Crippen LogP contribution >= 0.6 is 0 Å². The lowest BCUT2D eigenvalue weighted by atomic mass is 9.85. The Morgan fingerprint density at radius 2 is 1.94 bits per heavy atom. The van der Waals surface area contributed by atoms with Gasteiger partial charge < -0.3 is 10.2 Å². The van der Waals surface area contributed by atoms with Crippen molar-refractivity contribution in [3.8, 4) is 0 Å². The molecule has 1 atom stereocenters. The highest BCUT2D eigenvalue weighted by Crippen LogP contribution is 2.27. The summed E-state index contributed by atoms with van der Waals surface area (Å²) in [6, 6.07) is 0.708. The summed E-state index contributed by atoms with van der Waals surface area (Å²) in [5.74, 6) is 0.981. The molecule has 1 aliphatic rings. The molecule has 0 saturated heterocycles. The maximum Gasteiger partial charge on any atom is 0.0217 e. The van der Waals surface area contributed by atoms with Crippen LogP contribution in [0.15, 0.2) is 0 Å². The molecule has 0 bridgehead atoms. The molecule has 0 aromatic heterocycles. The largest absolute Gasteiger partial charge is 0.311 e. The quantitative estimate of drug-likeness (QED) is 0.735. The van der Waals surface area contributed by atoms with Gasteiger partial charge in [-0.15, -0.1) is 0 Å². The fraction of sp³-hybridized carbons (Fsp3) is 1.00. The van der Waals surface area contributed by atoms with Gasteiger partial charge in [0.1, 0.15) is 0 Å². The van der Waals surface area contributed by atoms with Crippen molar-refractivity contribution in [2.75, 3.05) is 20.1 Å². The van der Waals surface area contributed by atoms with Crippen molar-refractivity contribution in [3.63, 3.8) is 0 Å². The van der Waals surface area contributed by atoms with E-state index >= 15 is 0 Å². The number of likely N-dealkylation sites (N-methyl/N-ethyl adjacent to an activating group) is 1. The zero-order valence-corrected chi connectivity index (χ0v) is 12.6. The SMILES string of the molecule is CCCC(CNC(C)(C)C)N(C)CC1CCC1. The van der Waals surface area contributed by atoms with Gasteiger partial charge in [0.05, 0.1) is 0 Å². The number of nitrogens with zero attached hydrogens (tertiary/aromatic N) is 1. The zero-order valence-electron chi connectivity index (χ0n) is 12.6. The number of rotatable bonds is 7. The van der Waals surface area contributed by atoms with E-state index in [4.69, 9.17) is 0 Å². The average molecular weight is 240 g/mol. The van der Waals surface area contributed by atoms with E-state index in [1.807, 2.05) is 0 Å². The molecule has 1 fully saturated rings. The van der Waals surface area contributed by atoms with Crippen molar-refractivity contribution < 1.29 is 0 Å². The van der Waals surface area contributed by atoms with E-state index in [1.54, 1.807) is 0 Å². The molecular formula is C15H32N2. The second kappa shape index (κ2) is 6.75. The van der Waals surface area contributed by atoms with E-state index in [-0.39, 0.29) is 5.54 Å². The van der Waals surface area contributed by atoms with Crippen LogP contribution in [-0.4, -0.2) is 36.6 Å². The van der Waals surface area contributed by atoms with E-state index in [9.17, 15) is 0 Å². The predicted molar refractivity (Wildman–Crippen MR) is 76.4 cm³/mol. The highest BCUT2D eigenvalue weighted by atomic mass is 15.2. The molecule has 0 aromatic rings. The van der Waals surface area contributed by atoms with Gasteiger partial charge >= 0.3 is 0 Å². The summed E-state index contributed by atoms with van der Waals surface area (Å²) < 4.78 is 0. The second-order valence-electron chi connectivity index (χ2n) is 6.81. The molecule has 1 unspecified atom stereocenters. The Hall–Kier alpha value is -0.0800. The van der Waals surface area contributed by atoms with Crippen LogP contribution in [0.4, 0.5) is 0 Å². The molecule has 1 rings (SSSR count). The van der Waals surface area contributed by atoms with Gasteiger partial charge in [-0.05, 0) is 53.0 Å². The first-order chi connectivity index (χ1) is 7.92. The van der Waals surface area contributed by atoms with Crippen LogP contribution in [0.25, 0.3) is 0 Å². The van der Waals surface area contributed by atoms with Gasteiger partial charge in [-0.1, -0.05) is 19.8 Å². The van der Waals surface area contributed by atoms with Gasteiger partial charge in [-0.3, -0.25) is 0 Å². The summed E-state index contributed by atoms with van der Waals surface area (Å²) in [4.78, 5) is 2.59. The van der Waals surface area contributed by atoms with E-state index in [2.05, 4.69) is 45.0 Å². The normalized spacial score (nSPS) is 19.4. The third-order valence-electron chi connectivity index (χ3n) is 3.88. The summed E-state index contributed by atoms with van der Waals surface area (Å²) in [5, 5.41) is 3.66. The molecule has 1 saturated carbocycles. The van der Waals surface area contributed by atoms with Crippen LogP contribution in [0.3, 0.4) is 0 Å². The topological polar surface area (TPSA) is 15.3 Å². The van der Waals surface area contributed by atoms with E-state index in [1.165, 1.54) is 38.6 Å². The van der Waals surface area contributed by atoms with Crippen molar-refractivity contribution in [1.82, 2.24) is 10.2 Å². The summed E-state index contributed by atoms with van der Waals surface area (Å²) in [6.07, 6.45) is 6.96. The van der Waals surface area contributed by atoms with Gasteiger partial charge in [0.2, 0.25) is 0 Å². The van der Waals surface area contributed by atoms with Crippen molar-refractivity contribution >= 4 is 0 Å². The lowest BCUT2D eigenvalue weighted by molar-refractivity contribution is 0.147. The minimum atomic E-state index is 0.239. The molecule has 0 aromatic carbocycles. The first-order valence-corrected chi connectivity index (χ1v) is 7.37. The number of hydrogen-bond acceptors (Lipinski definition) is 2. The maximum absolute atomic E-state index is 3.66. The lowest BCUT2D eigenvalue weighted by Gasteiger charge is -2.36. The zero-order chi connectivity index (χ0) is 12.9. The Morgan fingerprint density at radius 3 is 2.35 bits per heavy atom. The molecule has 102 valence electrons. The van der Waals surface area contributed by atoms with E-state index in [0.717, 1.165) is 12.5 Å². The molecular weight excluding hydrogens is 208 g/mol. The van der Waals surface area contributed by atoms with Crippen LogP contribution in [0.5, 0.6) is 0 Å². The molecule has 2 nitrogen and oxygen atoms in total. The van der Waals surface area contributed by atoms with Crippen LogP contribution in [0.1, 0.15) is 59.8 Å². The summed E-state index contributed by atoms with van der Waals surface area (Å²) >= 11 is 0. The van der Waals surface area contributed by atoms with Gasteiger partial charge in [0.25, 0.3) is 0 Å². The molecule has 1 N–H and O–H groups in total. The molecule has 0 radical (unpaired) electrons. The van der Waals surface area contributed by atoms with Gasteiger partial charge in [-0.2, -0.15) is 0 Å². The van der Waals surface area contributed by atoms with Gasteiger partial charge in [-0.25, -0.2) is 0 Å². The Kier molecular flexibility index (Phi) is 5.94. The molecule has 1 aliphatic carbocycles. The van der Waals surface area contributed by atoms with Crippen molar-refractivity contribution in [2.45, 2.75) is 71.4 Å². The summed E-state index contributed by atoms with van der Waals surface area (Å²) in [7, 11) is 2.31. The molecule has 0 heterocycles. The second-order valence-corrected chi connectivity index (χ2v) is 6.81. The fourth-order valence-electron chi connectivity index (χ4n) is 2.47. The monoisotopic (exact) mass is 240 g/mol. The van der Waals surface area contributed by atoms with E-state index in [0.29, 0.717) is 6.04 Å². The molecule has 2 heteroatoms. The minimum Gasteiger partial charge on any atom is -0.311 e. The standard InChI is InChI=1S/C15H32N2/c1-6-8-14(11-16-15(2,3)4)17(5)12-13-9-7-10-13/h13-14,16H,6-12H2,1-5H3. The first kappa shape index (κ1) is 15.0. The molecule has 17 heavy (non-hydrogen) atoms. The van der Waals surface area contributed by atoms with Crippen molar-refractivity contribution in [2.24, 2.45) is 5.92 Å². The van der Waals surface area contributed by atoms with Gasteiger partial charge in [0.15, 0.2) is 0 Å². The van der Waals surface area contributed by atoms with Crippen molar-refractivity contribution in [1.29, 1.82) is 0 Å². The average Bonchev–Trinajstić information content (AvgIpc) is 2.16. The van der Waals surface area contributed by atoms with Crippen LogP contribution in [0, 0.1) is 5.92 Å². The van der Waals surface area contributed by atoms with E-state index < -0.39 is 0 Å². The Balaban J connectivity index is 2.34. The Bertz CT molecular complexity index is 203. The highest BCUT2D eigenvalue weighted by molar-refractivity contribution is 4.80. The molecule has 0 amide bonds. The number of hydrogen-bond donors (Lipinski definition) is 1. The van der Waals surface area contributed by atoms with Gasteiger partial charge in [0, 0.05) is 24.7 Å². The van der Waals surface area contributed by atoms with Crippen molar-refractivity contribution in [3.05, 3.63) is 0 Å².